The summed E-state index contributed by atoms with van der Waals surface area (Å²) in [6.07, 6.45) is 6.46. The second kappa shape index (κ2) is 10.3. The summed E-state index contributed by atoms with van der Waals surface area (Å²) in [4.78, 5) is 27.1. The Morgan fingerprint density at radius 1 is 1.09 bits per heavy atom. The molecule has 0 saturated heterocycles. The first-order valence-corrected chi connectivity index (χ1v) is 10.7. The Bertz CT molecular complexity index is 1300. The fraction of sp³-hybridized carbons (Fsp3) is 0.167. The molecule has 34 heavy (non-hydrogen) atoms. The third-order valence-electron chi connectivity index (χ3n) is 5.27. The van der Waals surface area contributed by atoms with E-state index in [2.05, 4.69) is 20.6 Å². The second-order valence-electron chi connectivity index (χ2n) is 7.74. The van der Waals surface area contributed by atoms with E-state index in [1.165, 1.54) is 6.07 Å². The number of aryl methyl sites for hydroxylation is 3. The molecular weight excluding hydrogens is 434 g/mol. The van der Waals surface area contributed by atoms with Crippen LogP contribution in [0.4, 0.5) is 17.1 Å². The van der Waals surface area contributed by atoms with Gasteiger partial charge in [0.05, 0.1) is 22.0 Å². The van der Waals surface area contributed by atoms with Gasteiger partial charge in [0, 0.05) is 55.7 Å². The van der Waals surface area contributed by atoms with Crippen LogP contribution in [0.1, 0.15) is 17.7 Å². The number of rotatable bonds is 9. The number of carbonyl (C=O) groups excluding carboxylic acids is 1. The molecule has 0 fully saturated rings. The SMILES string of the molecule is Nc1ccc(-c2cccnc2)cc1NC(=O)CCc1cn(CCc2cccc([N+](=O)[O-])c2)nn1. The quantitative estimate of drug-likeness (QED) is 0.222. The van der Waals surface area contributed by atoms with Crippen LogP contribution in [0.15, 0.2) is 73.2 Å². The number of aromatic nitrogens is 4. The minimum atomic E-state index is -0.412. The van der Waals surface area contributed by atoms with Crippen LogP contribution in [-0.4, -0.2) is 30.8 Å². The highest BCUT2D eigenvalue weighted by atomic mass is 16.6. The van der Waals surface area contributed by atoms with Crippen molar-refractivity contribution in [2.24, 2.45) is 0 Å². The van der Waals surface area contributed by atoms with Gasteiger partial charge in [-0.2, -0.15) is 0 Å². The maximum absolute atomic E-state index is 12.5. The number of hydrogen-bond acceptors (Lipinski definition) is 7. The van der Waals surface area contributed by atoms with Crippen molar-refractivity contribution in [2.45, 2.75) is 25.8 Å². The van der Waals surface area contributed by atoms with Gasteiger partial charge in [0.1, 0.15) is 0 Å². The number of nitrogens with one attached hydrogen (secondary N) is 1. The normalized spacial score (nSPS) is 10.7. The molecule has 0 radical (unpaired) electrons. The first-order chi connectivity index (χ1) is 16.5. The number of nitrogens with two attached hydrogens (primary N) is 1. The topological polar surface area (TPSA) is 142 Å². The van der Waals surface area contributed by atoms with E-state index in [0.717, 1.165) is 16.7 Å². The van der Waals surface area contributed by atoms with Crippen LogP contribution in [0, 0.1) is 10.1 Å². The number of anilines is 2. The van der Waals surface area contributed by atoms with Crippen LogP contribution in [0.5, 0.6) is 0 Å². The third kappa shape index (κ3) is 5.80. The van der Waals surface area contributed by atoms with Gasteiger partial charge in [-0.05, 0) is 35.7 Å². The van der Waals surface area contributed by atoms with E-state index >= 15 is 0 Å². The van der Waals surface area contributed by atoms with Gasteiger partial charge in [0.25, 0.3) is 5.69 Å². The predicted molar refractivity (Wildman–Crippen MR) is 128 cm³/mol. The lowest BCUT2D eigenvalue weighted by Gasteiger charge is -2.10. The molecule has 10 heteroatoms. The van der Waals surface area contributed by atoms with Gasteiger partial charge in [-0.25, -0.2) is 0 Å². The number of pyridine rings is 1. The van der Waals surface area contributed by atoms with Crippen LogP contribution in [0.2, 0.25) is 0 Å². The molecule has 2 aromatic carbocycles. The highest BCUT2D eigenvalue weighted by Gasteiger charge is 2.10. The summed E-state index contributed by atoms with van der Waals surface area (Å²) in [7, 11) is 0. The van der Waals surface area contributed by atoms with Crippen molar-refractivity contribution in [3.8, 4) is 11.1 Å². The van der Waals surface area contributed by atoms with Gasteiger partial charge < -0.3 is 11.1 Å². The smallest absolute Gasteiger partial charge is 0.269 e. The number of non-ortho nitro benzene ring substituents is 1. The Labute approximate surface area is 195 Å². The molecule has 0 saturated carbocycles. The molecule has 10 nitrogen and oxygen atoms in total. The Morgan fingerprint density at radius 2 is 1.97 bits per heavy atom. The molecule has 0 unspecified atom stereocenters. The Hall–Kier alpha value is -4.60. The average molecular weight is 457 g/mol. The minimum Gasteiger partial charge on any atom is -0.397 e. The van der Waals surface area contributed by atoms with Crippen LogP contribution in [0.25, 0.3) is 11.1 Å². The van der Waals surface area contributed by atoms with Crippen LogP contribution < -0.4 is 11.1 Å². The van der Waals surface area contributed by atoms with Crippen molar-refractivity contribution in [1.29, 1.82) is 0 Å². The van der Waals surface area contributed by atoms with E-state index < -0.39 is 4.92 Å². The molecule has 2 heterocycles. The van der Waals surface area contributed by atoms with Gasteiger partial charge in [-0.15, -0.1) is 5.10 Å². The average Bonchev–Trinajstić information content (AvgIpc) is 3.31. The Kier molecular flexibility index (Phi) is 6.87. The lowest BCUT2D eigenvalue weighted by molar-refractivity contribution is -0.384. The molecule has 0 aliphatic carbocycles. The number of hydrogen-bond donors (Lipinski definition) is 2. The van der Waals surface area contributed by atoms with Gasteiger partial charge in [0.2, 0.25) is 5.91 Å². The third-order valence-corrected chi connectivity index (χ3v) is 5.27. The monoisotopic (exact) mass is 457 g/mol. The fourth-order valence-electron chi connectivity index (χ4n) is 3.46. The molecule has 2 aromatic heterocycles. The van der Waals surface area contributed by atoms with Crippen molar-refractivity contribution in [1.82, 2.24) is 20.0 Å². The first-order valence-electron chi connectivity index (χ1n) is 10.7. The standard InChI is InChI=1S/C24H23N7O3/c25-22-8-6-18(19-4-2-11-26-15-19)14-23(22)27-24(32)9-7-20-16-30(29-28-20)12-10-17-3-1-5-21(13-17)31(33)34/h1-6,8,11,13-16H,7,9-10,12,25H2,(H,27,32). The minimum absolute atomic E-state index is 0.0643. The van der Waals surface area contributed by atoms with Gasteiger partial charge in [-0.3, -0.25) is 24.6 Å². The summed E-state index contributed by atoms with van der Waals surface area (Å²) < 4.78 is 1.67. The van der Waals surface area contributed by atoms with E-state index in [4.69, 9.17) is 5.73 Å². The lowest BCUT2D eigenvalue weighted by Crippen LogP contribution is -2.13. The molecule has 0 bridgehead atoms. The van der Waals surface area contributed by atoms with Crippen molar-refractivity contribution >= 4 is 23.0 Å². The van der Waals surface area contributed by atoms with Crippen LogP contribution in [0.3, 0.4) is 0 Å². The molecule has 4 aromatic rings. The van der Waals surface area contributed by atoms with E-state index in [1.54, 1.807) is 41.5 Å². The zero-order chi connectivity index (χ0) is 23.9. The molecule has 0 aliphatic heterocycles. The fourth-order valence-corrected chi connectivity index (χ4v) is 3.46. The summed E-state index contributed by atoms with van der Waals surface area (Å²) in [5, 5.41) is 22.0. The zero-order valence-corrected chi connectivity index (χ0v) is 18.3. The molecule has 4 rings (SSSR count). The number of carbonyl (C=O) groups is 1. The Balaban J connectivity index is 1.30. The highest BCUT2D eigenvalue weighted by Crippen LogP contribution is 2.27. The van der Waals surface area contributed by atoms with Crippen LogP contribution >= 0.6 is 0 Å². The van der Waals surface area contributed by atoms with Gasteiger partial charge in [-0.1, -0.05) is 29.5 Å². The number of amides is 1. The first kappa shape index (κ1) is 22.6. The summed E-state index contributed by atoms with van der Waals surface area (Å²) in [6, 6.07) is 15.8. The lowest BCUT2D eigenvalue weighted by atomic mass is 10.1. The Morgan fingerprint density at radius 3 is 2.76 bits per heavy atom. The second-order valence-corrected chi connectivity index (χ2v) is 7.74. The van der Waals surface area contributed by atoms with Gasteiger partial charge >= 0.3 is 0 Å². The van der Waals surface area contributed by atoms with E-state index in [9.17, 15) is 14.9 Å². The van der Waals surface area contributed by atoms with E-state index in [-0.39, 0.29) is 18.0 Å². The van der Waals surface area contributed by atoms with Gasteiger partial charge in [0.15, 0.2) is 0 Å². The maximum atomic E-state index is 12.5. The number of nitrogens with zero attached hydrogens (tertiary/aromatic N) is 5. The van der Waals surface area contributed by atoms with Crippen LogP contribution in [-0.2, 0) is 24.2 Å². The molecular formula is C24H23N7O3. The molecule has 3 N–H and O–H groups in total. The van der Waals surface area contributed by atoms with Crippen molar-refractivity contribution in [3.63, 3.8) is 0 Å². The van der Waals surface area contributed by atoms with E-state index in [1.807, 2.05) is 30.3 Å². The largest absolute Gasteiger partial charge is 0.397 e. The van der Waals surface area contributed by atoms with E-state index in [0.29, 0.717) is 36.5 Å². The molecule has 0 spiro atoms. The summed E-state index contributed by atoms with van der Waals surface area (Å²) in [5.41, 5.74) is 10.5. The molecule has 0 aliphatic rings. The van der Waals surface area contributed by atoms with Crippen molar-refractivity contribution in [2.75, 3.05) is 11.1 Å². The predicted octanol–water partition coefficient (Wildman–Crippen LogP) is 3.64. The zero-order valence-electron chi connectivity index (χ0n) is 18.3. The molecule has 172 valence electrons. The number of nitro groups is 1. The number of benzene rings is 2. The summed E-state index contributed by atoms with van der Waals surface area (Å²) in [5.74, 6) is -0.179. The summed E-state index contributed by atoms with van der Waals surface area (Å²) >= 11 is 0. The highest BCUT2D eigenvalue weighted by molar-refractivity contribution is 5.95. The number of nitro benzene ring substituents is 1. The molecule has 1 amide bonds. The van der Waals surface area contributed by atoms with Crippen molar-refractivity contribution < 1.29 is 9.72 Å². The maximum Gasteiger partial charge on any atom is 0.269 e. The molecule has 0 atom stereocenters. The number of nitrogen functional groups attached to an aromatic ring is 1. The summed E-state index contributed by atoms with van der Waals surface area (Å²) in [6.45, 7) is 0.526. The van der Waals surface area contributed by atoms with Crippen molar-refractivity contribution in [3.05, 3.63) is 94.6 Å².